The maximum Gasteiger partial charge on any atom is 0.344 e. The van der Waals surface area contributed by atoms with Crippen molar-refractivity contribution >= 4 is 21.9 Å². The Kier molecular flexibility index (Phi) is 6.49. The fraction of sp³-hybridized carbons (Fsp3) is 0.533. The van der Waals surface area contributed by atoms with E-state index in [4.69, 9.17) is 9.47 Å². The molecule has 1 N–H and O–H groups in total. The third kappa shape index (κ3) is 6.39. The Hall–Kier alpha value is -1.07. The summed E-state index contributed by atoms with van der Waals surface area (Å²) in [7, 11) is 0. The number of hydrogen-bond acceptors (Lipinski definition) is 4. The van der Waals surface area contributed by atoms with Crippen LogP contribution < -0.4 is 10.1 Å². The van der Waals surface area contributed by atoms with Gasteiger partial charge in [-0.2, -0.15) is 0 Å². The number of hydrogen-bond donors (Lipinski definition) is 1. The summed E-state index contributed by atoms with van der Waals surface area (Å²) < 4.78 is 11.4. The van der Waals surface area contributed by atoms with Gasteiger partial charge in [-0.15, -0.1) is 0 Å². The topological polar surface area (TPSA) is 47.6 Å². The normalized spacial score (nSPS) is 11.2. The molecule has 0 aliphatic carbocycles. The van der Waals surface area contributed by atoms with Crippen LogP contribution in [0.4, 0.5) is 0 Å². The van der Waals surface area contributed by atoms with Crippen LogP contribution in [0.25, 0.3) is 0 Å². The van der Waals surface area contributed by atoms with Crippen LogP contribution in [0.5, 0.6) is 5.75 Å². The Morgan fingerprint density at radius 1 is 1.35 bits per heavy atom. The first-order valence-electron chi connectivity index (χ1n) is 6.63. The van der Waals surface area contributed by atoms with Crippen molar-refractivity contribution in [2.24, 2.45) is 0 Å². The van der Waals surface area contributed by atoms with Crippen molar-refractivity contribution in [2.75, 3.05) is 13.2 Å². The van der Waals surface area contributed by atoms with Gasteiger partial charge in [0.2, 0.25) is 0 Å². The Morgan fingerprint density at radius 2 is 2.05 bits per heavy atom. The Labute approximate surface area is 129 Å². The zero-order valence-electron chi connectivity index (χ0n) is 12.5. The van der Waals surface area contributed by atoms with Gasteiger partial charge in [0.25, 0.3) is 0 Å². The monoisotopic (exact) mass is 343 g/mol. The summed E-state index contributed by atoms with van der Waals surface area (Å²) in [5.41, 5.74) is 1.01. The lowest BCUT2D eigenvalue weighted by Crippen LogP contribution is -2.35. The van der Waals surface area contributed by atoms with Gasteiger partial charge in [-0.25, -0.2) is 4.79 Å². The number of nitrogens with one attached hydrogen (secondary N) is 1. The maximum absolute atomic E-state index is 11.3. The van der Waals surface area contributed by atoms with Crippen LogP contribution in [0, 0.1) is 0 Å². The second kappa shape index (κ2) is 7.64. The third-order valence-corrected chi connectivity index (χ3v) is 2.98. The quantitative estimate of drug-likeness (QED) is 0.805. The minimum atomic E-state index is -0.356. The Morgan fingerprint density at radius 3 is 2.65 bits per heavy atom. The number of benzene rings is 1. The van der Waals surface area contributed by atoms with E-state index in [2.05, 4.69) is 42.0 Å². The molecule has 0 heterocycles. The zero-order chi connectivity index (χ0) is 15.2. The molecule has 4 nitrogen and oxygen atoms in total. The van der Waals surface area contributed by atoms with Gasteiger partial charge in [0.05, 0.1) is 6.61 Å². The van der Waals surface area contributed by atoms with Crippen molar-refractivity contribution in [1.82, 2.24) is 5.32 Å². The summed E-state index contributed by atoms with van der Waals surface area (Å²) in [6.45, 7) is 9.04. The van der Waals surface area contributed by atoms with E-state index in [1.165, 1.54) is 0 Å². The first kappa shape index (κ1) is 17.0. The highest BCUT2D eigenvalue weighted by molar-refractivity contribution is 9.10. The number of esters is 1. The van der Waals surface area contributed by atoms with Crippen LogP contribution in [0.1, 0.15) is 33.3 Å². The predicted octanol–water partition coefficient (Wildman–Crippen LogP) is 3.28. The van der Waals surface area contributed by atoms with Crippen molar-refractivity contribution < 1.29 is 14.3 Å². The molecule has 0 bridgehead atoms. The molecule has 0 spiro atoms. The smallest absolute Gasteiger partial charge is 0.344 e. The molecule has 5 heteroatoms. The maximum atomic E-state index is 11.3. The van der Waals surface area contributed by atoms with Gasteiger partial charge in [-0.3, -0.25) is 0 Å². The standard InChI is InChI=1S/C15H22BrNO3/c1-5-19-14(18)10-20-13-7-6-12(16)8-11(13)9-17-15(2,3)4/h6-8,17H,5,9-10H2,1-4H3. The van der Waals surface area contributed by atoms with E-state index in [0.717, 1.165) is 10.0 Å². The highest BCUT2D eigenvalue weighted by Crippen LogP contribution is 2.23. The second-order valence-electron chi connectivity index (χ2n) is 5.45. The van der Waals surface area contributed by atoms with Crippen LogP contribution in [0.15, 0.2) is 22.7 Å². The predicted molar refractivity (Wildman–Crippen MR) is 82.9 cm³/mol. The minimum Gasteiger partial charge on any atom is -0.482 e. The third-order valence-electron chi connectivity index (χ3n) is 2.48. The lowest BCUT2D eigenvalue weighted by Gasteiger charge is -2.21. The molecule has 1 aromatic carbocycles. The van der Waals surface area contributed by atoms with Crippen molar-refractivity contribution in [1.29, 1.82) is 0 Å². The summed E-state index contributed by atoms with van der Waals surface area (Å²) in [5, 5.41) is 3.40. The average molecular weight is 344 g/mol. The molecule has 0 aliphatic heterocycles. The van der Waals surface area contributed by atoms with E-state index in [1.807, 2.05) is 18.2 Å². The summed E-state index contributed by atoms with van der Waals surface area (Å²) in [5.74, 6) is 0.336. The fourth-order valence-electron chi connectivity index (χ4n) is 1.53. The van der Waals surface area contributed by atoms with Gasteiger partial charge in [-0.1, -0.05) is 15.9 Å². The van der Waals surface area contributed by atoms with Gasteiger partial charge in [0.15, 0.2) is 6.61 Å². The fourth-order valence-corrected chi connectivity index (χ4v) is 1.94. The lowest BCUT2D eigenvalue weighted by molar-refractivity contribution is -0.145. The first-order valence-corrected chi connectivity index (χ1v) is 7.43. The van der Waals surface area contributed by atoms with Crippen molar-refractivity contribution in [3.05, 3.63) is 28.2 Å². The van der Waals surface area contributed by atoms with Crippen molar-refractivity contribution in [2.45, 2.75) is 39.8 Å². The van der Waals surface area contributed by atoms with Crippen LogP contribution in [0.3, 0.4) is 0 Å². The molecule has 0 unspecified atom stereocenters. The molecule has 0 atom stereocenters. The largest absolute Gasteiger partial charge is 0.482 e. The lowest BCUT2D eigenvalue weighted by atomic mass is 10.1. The van der Waals surface area contributed by atoms with Crippen molar-refractivity contribution in [3.8, 4) is 5.75 Å². The van der Waals surface area contributed by atoms with Crippen LogP contribution in [0.2, 0.25) is 0 Å². The molecule has 112 valence electrons. The highest BCUT2D eigenvalue weighted by Gasteiger charge is 2.12. The second-order valence-corrected chi connectivity index (χ2v) is 6.36. The van der Waals surface area contributed by atoms with Gasteiger partial charge < -0.3 is 14.8 Å². The molecular weight excluding hydrogens is 322 g/mol. The first-order chi connectivity index (χ1) is 9.31. The van der Waals surface area contributed by atoms with Crippen LogP contribution >= 0.6 is 15.9 Å². The van der Waals surface area contributed by atoms with E-state index in [-0.39, 0.29) is 18.1 Å². The summed E-state index contributed by atoms with van der Waals surface area (Å²) in [6.07, 6.45) is 0. The molecule has 1 rings (SSSR count). The molecule has 0 saturated heterocycles. The van der Waals surface area contributed by atoms with Gasteiger partial charge >= 0.3 is 5.97 Å². The van der Waals surface area contributed by atoms with Crippen LogP contribution in [-0.4, -0.2) is 24.7 Å². The molecule has 20 heavy (non-hydrogen) atoms. The van der Waals surface area contributed by atoms with Crippen molar-refractivity contribution in [3.63, 3.8) is 0 Å². The molecule has 0 radical (unpaired) electrons. The summed E-state index contributed by atoms with van der Waals surface area (Å²) in [4.78, 5) is 11.3. The highest BCUT2D eigenvalue weighted by atomic mass is 79.9. The SMILES string of the molecule is CCOC(=O)COc1ccc(Br)cc1CNC(C)(C)C. The van der Waals surface area contributed by atoms with E-state index >= 15 is 0 Å². The summed E-state index contributed by atoms with van der Waals surface area (Å²) in [6, 6.07) is 5.73. The molecule has 0 saturated carbocycles. The molecule has 1 aromatic rings. The molecule has 0 aromatic heterocycles. The number of halogens is 1. The zero-order valence-corrected chi connectivity index (χ0v) is 14.0. The van der Waals surface area contributed by atoms with E-state index in [0.29, 0.717) is 18.9 Å². The van der Waals surface area contributed by atoms with Gasteiger partial charge in [-0.05, 0) is 45.9 Å². The Bertz CT molecular complexity index is 455. The average Bonchev–Trinajstić information content (AvgIpc) is 2.34. The minimum absolute atomic E-state index is 0.0146. The van der Waals surface area contributed by atoms with Gasteiger partial charge in [0.1, 0.15) is 5.75 Å². The molecule has 0 fully saturated rings. The number of carbonyl (C=O) groups excluding carboxylic acids is 1. The number of carbonyl (C=O) groups is 1. The molecule has 0 amide bonds. The summed E-state index contributed by atoms with van der Waals surface area (Å²) >= 11 is 3.45. The molecular formula is C15H22BrNO3. The van der Waals surface area contributed by atoms with Crippen LogP contribution in [-0.2, 0) is 16.1 Å². The van der Waals surface area contributed by atoms with E-state index in [1.54, 1.807) is 6.92 Å². The molecule has 0 aliphatic rings. The van der Waals surface area contributed by atoms with E-state index in [9.17, 15) is 4.79 Å². The van der Waals surface area contributed by atoms with E-state index < -0.39 is 0 Å². The van der Waals surface area contributed by atoms with Gasteiger partial charge in [0, 0.05) is 22.1 Å². The number of ether oxygens (including phenoxy) is 2. The number of rotatable bonds is 6. The Balaban J connectivity index is 2.72.